The Morgan fingerprint density at radius 2 is 1.57 bits per heavy atom. The van der Waals surface area contributed by atoms with Crippen LogP contribution >= 0.6 is 11.6 Å². The van der Waals surface area contributed by atoms with Crippen LogP contribution in [0.2, 0.25) is 5.02 Å². The van der Waals surface area contributed by atoms with Crippen LogP contribution in [0.5, 0.6) is 11.5 Å². The third-order valence-electron chi connectivity index (χ3n) is 3.82. The number of nitrogens with one attached hydrogen (secondary N) is 2. The topological polar surface area (TPSA) is 107 Å². The lowest BCUT2D eigenvalue weighted by Crippen LogP contribution is -2.41. The van der Waals surface area contributed by atoms with E-state index < -0.39 is 17.2 Å². The monoisotopic (exact) mass is 402 g/mol. The first kappa shape index (κ1) is 19.2. The summed E-state index contributed by atoms with van der Waals surface area (Å²) in [4.78, 5) is 36.7. The van der Waals surface area contributed by atoms with Crippen LogP contribution in [-0.2, 0) is 0 Å². The number of hydrogen-bond acceptors (Lipinski definition) is 6. The van der Waals surface area contributed by atoms with E-state index in [9.17, 15) is 14.4 Å². The molecule has 0 saturated carbocycles. The quantitative estimate of drug-likeness (QED) is 0.649. The van der Waals surface area contributed by atoms with Gasteiger partial charge in [0, 0.05) is 22.7 Å². The summed E-state index contributed by atoms with van der Waals surface area (Å²) < 4.78 is 15.6. The molecule has 3 rings (SSSR count). The molecule has 3 aromatic rings. The highest BCUT2D eigenvalue weighted by Gasteiger charge is 2.15. The molecular weight excluding hydrogens is 388 g/mol. The summed E-state index contributed by atoms with van der Waals surface area (Å²) in [7, 11) is 2.90. The number of amides is 2. The average Bonchev–Trinajstić information content (AvgIpc) is 2.71. The Labute approximate surface area is 164 Å². The molecule has 0 bridgehead atoms. The number of fused-ring (bicyclic) bond motifs is 1. The molecule has 8 nitrogen and oxygen atoms in total. The van der Waals surface area contributed by atoms with Gasteiger partial charge in [-0.05, 0) is 30.3 Å². The van der Waals surface area contributed by atoms with Crippen LogP contribution in [0.1, 0.15) is 20.9 Å². The predicted octanol–water partition coefficient (Wildman–Crippen LogP) is 2.54. The number of methoxy groups -OCH3 is 2. The second-order valence-electron chi connectivity index (χ2n) is 5.62. The maximum Gasteiger partial charge on any atom is 0.305 e. The molecular formula is C19H15ClN2O6. The number of hydrogen-bond donors (Lipinski definition) is 2. The molecule has 2 N–H and O–H groups in total. The summed E-state index contributed by atoms with van der Waals surface area (Å²) in [5, 5.41) is 0.620. The van der Waals surface area contributed by atoms with Gasteiger partial charge in [-0.1, -0.05) is 11.6 Å². The second-order valence-corrected chi connectivity index (χ2v) is 6.06. The summed E-state index contributed by atoms with van der Waals surface area (Å²) in [6.45, 7) is 0. The van der Waals surface area contributed by atoms with Gasteiger partial charge < -0.3 is 13.9 Å². The zero-order chi connectivity index (χ0) is 20.3. The second kappa shape index (κ2) is 8.01. The standard InChI is InChI=1S/C19H15ClN2O6/c1-26-12-5-10(6-13(8-12)27-2)18(24)21-22-19(25)17-9-15(23)14-7-11(20)3-4-16(14)28-17/h3-9H,1-2H3,(H,21,24)(H,22,25). The van der Waals surface area contributed by atoms with E-state index in [0.717, 1.165) is 6.07 Å². The number of carbonyl (C=O) groups excluding carboxylic acids is 2. The minimum absolute atomic E-state index is 0.200. The Hall–Kier alpha value is -3.52. The molecule has 9 heteroatoms. The summed E-state index contributed by atoms with van der Waals surface area (Å²) in [5.41, 5.74) is 4.41. The number of halogens is 1. The number of benzene rings is 2. The van der Waals surface area contributed by atoms with Crippen LogP contribution in [0.15, 0.2) is 51.7 Å². The average molecular weight is 403 g/mol. The third kappa shape index (κ3) is 4.07. The maximum absolute atomic E-state index is 12.3. The minimum Gasteiger partial charge on any atom is -0.497 e. The molecule has 144 valence electrons. The highest BCUT2D eigenvalue weighted by Crippen LogP contribution is 2.22. The molecule has 1 heterocycles. The highest BCUT2D eigenvalue weighted by molar-refractivity contribution is 6.31. The molecule has 0 aliphatic rings. The highest BCUT2D eigenvalue weighted by atomic mass is 35.5. The van der Waals surface area contributed by atoms with Crippen molar-refractivity contribution >= 4 is 34.4 Å². The summed E-state index contributed by atoms with van der Waals surface area (Å²) in [6, 6.07) is 10.0. The fourth-order valence-electron chi connectivity index (χ4n) is 2.43. The van der Waals surface area contributed by atoms with Crippen LogP contribution < -0.4 is 25.8 Å². The van der Waals surface area contributed by atoms with Crippen molar-refractivity contribution in [1.82, 2.24) is 10.9 Å². The van der Waals surface area contributed by atoms with Gasteiger partial charge in [0.05, 0.1) is 19.6 Å². The number of ether oxygens (including phenoxy) is 2. The van der Waals surface area contributed by atoms with Gasteiger partial charge >= 0.3 is 5.91 Å². The van der Waals surface area contributed by atoms with E-state index in [0.29, 0.717) is 16.5 Å². The van der Waals surface area contributed by atoms with Crippen LogP contribution in [0.3, 0.4) is 0 Å². The van der Waals surface area contributed by atoms with Gasteiger partial charge in [-0.15, -0.1) is 0 Å². The van der Waals surface area contributed by atoms with Crippen LogP contribution in [0.4, 0.5) is 0 Å². The lowest BCUT2D eigenvalue weighted by atomic mass is 10.2. The molecule has 0 fully saturated rings. The van der Waals surface area contributed by atoms with Crippen molar-refractivity contribution in [3.05, 3.63) is 69.0 Å². The smallest absolute Gasteiger partial charge is 0.305 e. The lowest BCUT2D eigenvalue weighted by molar-refractivity contribution is 0.0831. The summed E-state index contributed by atoms with van der Waals surface area (Å²) >= 11 is 5.85. The Morgan fingerprint density at radius 3 is 2.21 bits per heavy atom. The molecule has 2 amide bonds. The lowest BCUT2D eigenvalue weighted by Gasteiger charge is -2.10. The Balaban J connectivity index is 1.77. The molecule has 0 radical (unpaired) electrons. The third-order valence-corrected chi connectivity index (χ3v) is 4.05. The van der Waals surface area contributed by atoms with E-state index in [1.54, 1.807) is 6.07 Å². The minimum atomic E-state index is -0.794. The molecule has 2 aromatic carbocycles. The van der Waals surface area contributed by atoms with Gasteiger partial charge in [0.1, 0.15) is 17.1 Å². The van der Waals surface area contributed by atoms with E-state index in [-0.39, 0.29) is 22.3 Å². The fraction of sp³-hybridized carbons (Fsp3) is 0.105. The van der Waals surface area contributed by atoms with E-state index in [2.05, 4.69) is 10.9 Å². The van der Waals surface area contributed by atoms with Gasteiger partial charge in [-0.25, -0.2) is 0 Å². The normalized spacial score (nSPS) is 10.4. The summed E-state index contributed by atoms with van der Waals surface area (Å²) in [5.74, 6) is -0.842. The van der Waals surface area contributed by atoms with Gasteiger partial charge in [-0.3, -0.25) is 25.2 Å². The van der Waals surface area contributed by atoms with Crippen LogP contribution in [0, 0.1) is 0 Å². The van der Waals surface area contributed by atoms with Gasteiger partial charge in [0.15, 0.2) is 11.2 Å². The van der Waals surface area contributed by atoms with Crippen molar-refractivity contribution in [3.63, 3.8) is 0 Å². The van der Waals surface area contributed by atoms with Crippen molar-refractivity contribution in [2.45, 2.75) is 0 Å². The zero-order valence-electron chi connectivity index (χ0n) is 14.9. The molecule has 0 atom stereocenters. The molecule has 0 spiro atoms. The van der Waals surface area contributed by atoms with Gasteiger partial charge in [0.2, 0.25) is 0 Å². The first-order valence-electron chi connectivity index (χ1n) is 7.98. The van der Waals surface area contributed by atoms with E-state index >= 15 is 0 Å². The van der Waals surface area contributed by atoms with Crippen LogP contribution in [-0.4, -0.2) is 26.0 Å². The molecule has 0 aliphatic heterocycles. The number of hydrazine groups is 1. The van der Waals surface area contributed by atoms with E-state index in [1.165, 1.54) is 44.6 Å². The first-order chi connectivity index (χ1) is 13.4. The maximum atomic E-state index is 12.3. The van der Waals surface area contributed by atoms with Crippen LogP contribution in [0.25, 0.3) is 11.0 Å². The fourth-order valence-corrected chi connectivity index (χ4v) is 2.60. The Morgan fingerprint density at radius 1 is 0.929 bits per heavy atom. The van der Waals surface area contributed by atoms with Gasteiger partial charge in [0.25, 0.3) is 5.91 Å². The number of carbonyl (C=O) groups is 2. The molecule has 1 aromatic heterocycles. The van der Waals surface area contributed by atoms with E-state index in [4.69, 9.17) is 25.5 Å². The van der Waals surface area contributed by atoms with Crippen molar-refractivity contribution < 1.29 is 23.5 Å². The van der Waals surface area contributed by atoms with Crippen molar-refractivity contribution in [2.75, 3.05) is 14.2 Å². The molecule has 0 unspecified atom stereocenters. The zero-order valence-corrected chi connectivity index (χ0v) is 15.6. The number of rotatable bonds is 4. The molecule has 0 saturated heterocycles. The van der Waals surface area contributed by atoms with E-state index in [1.807, 2.05) is 0 Å². The molecule has 0 aliphatic carbocycles. The van der Waals surface area contributed by atoms with Crippen molar-refractivity contribution in [2.24, 2.45) is 0 Å². The Kier molecular flexibility index (Phi) is 5.51. The predicted molar refractivity (Wildman–Crippen MR) is 102 cm³/mol. The SMILES string of the molecule is COc1cc(OC)cc(C(=O)NNC(=O)c2cc(=O)c3cc(Cl)ccc3o2)c1. The Bertz CT molecular complexity index is 1100. The van der Waals surface area contributed by atoms with Crippen molar-refractivity contribution in [3.8, 4) is 11.5 Å². The largest absolute Gasteiger partial charge is 0.497 e. The summed E-state index contributed by atoms with van der Waals surface area (Å²) in [6.07, 6.45) is 0. The molecule has 28 heavy (non-hydrogen) atoms. The first-order valence-corrected chi connectivity index (χ1v) is 8.36. The van der Waals surface area contributed by atoms with Crippen molar-refractivity contribution in [1.29, 1.82) is 0 Å². The van der Waals surface area contributed by atoms with Gasteiger partial charge in [-0.2, -0.15) is 0 Å².